The maximum absolute atomic E-state index is 12.4. The summed E-state index contributed by atoms with van der Waals surface area (Å²) in [4.78, 5) is 26.4. The number of likely N-dealkylation sites (tertiary alicyclic amines) is 1. The van der Waals surface area contributed by atoms with Crippen molar-refractivity contribution < 1.29 is 19.1 Å². The van der Waals surface area contributed by atoms with Crippen LogP contribution < -0.4 is 14.8 Å². The van der Waals surface area contributed by atoms with E-state index in [1.54, 1.807) is 4.90 Å². The van der Waals surface area contributed by atoms with E-state index >= 15 is 0 Å². The molecule has 0 aromatic heterocycles. The first kappa shape index (κ1) is 16.4. The van der Waals surface area contributed by atoms with Gasteiger partial charge in [0.25, 0.3) is 0 Å². The lowest BCUT2D eigenvalue weighted by molar-refractivity contribution is -0.129. The molecule has 1 fully saturated rings. The number of amides is 2. The van der Waals surface area contributed by atoms with Crippen molar-refractivity contribution in [3.05, 3.63) is 59.7 Å². The number of hydrogen-bond acceptors (Lipinski definition) is 4. The molecule has 2 aliphatic heterocycles. The molecule has 1 N–H and O–H groups in total. The Morgan fingerprint density at radius 2 is 1.88 bits per heavy atom. The van der Waals surface area contributed by atoms with Gasteiger partial charge in [-0.25, -0.2) is 0 Å². The average molecular weight is 352 g/mol. The summed E-state index contributed by atoms with van der Waals surface area (Å²) in [5.41, 5.74) is 2.01. The molecule has 1 unspecified atom stereocenters. The maximum Gasteiger partial charge on any atom is 0.231 e. The Labute approximate surface area is 151 Å². The van der Waals surface area contributed by atoms with E-state index in [9.17, 15) is 9.59 Å². The summed E-state index contributed by atoms with van der Waals surface area (Å²) in [6.45, 7) is 1.61. The summed E-state index contributed by atoms with van der Waals surface area (Å²) in [6.07, 6.45) is 0.255. The van der Waals surface area contributed by atoms with E-state index in [2.05, 4.69) is 5.32 Å². The molecule has 0 aliphatic carbocycles. The monoisotopic (exact) mass is 352 g/mol. The van der Waals surface area contributed by atoms with Gasteiger partial charge in [0.1, 0.15) is 0 Å². The van der Waals surface area contributed by atoms with Crippen molar-refractivity contribution in [2.24, 2.45) is 5.92 Å². The number of rotatable bonds is 5. The number of carbonyl (C=O) groups is 2. The van der Waals surface area contributed by atoms with E-state index < -0.39 is 0 Å². The fraction of sp³-hybridized carbons (Fsp3) is 0.300. The molecule has 1 saturated heterocycles. The lowest BCUT2D eigenvalue weighted by Gasteiger charge is -2.17. The highest BCUT2D eigenvalue weighted by atomic mass is 16.7. The van der Waals surface area contributed by atoms with E-state index in [1.807, 2.05) is 48.5 Å². The summed E-state index contributed by atoms with van der Waals surface area (Å²) < 4.78 is 10.7. The number of nitrogens with one attached hydrogen (secondary N) is 1. The van der Waals surface area contributed by atoms with E-state index in [4.69, 9.17) is 9.47 Å². The fourth-order valence-corrected chi connectivity index (χ4v) is 3.29. The van der Waals surface area contributed by atoms with Gasteiger partial charge in [0.2, 0.25) is 18.6 Å². The second-order valence-corrected chi connectivity index (χ2v) is 6.57. The van der Waals surface area contributed by atoms with Gasteiger partial charge in [0, 0.05) is 26.1 Å². The van der Waals surface area contributed by atoms with Crippen LogP contribution in [-0.4, -0.2) is 30.1 Å². The van der Waals surface area contributed by atoms with Crippen LogP contribution in [0.5, 0.6) is 11.5 Å². The van der Waals surface area contributed by atoms with Crippen LogP contribution in [-0.2, 0) is 22.7 Å². The quantitative estimate of drug-likeness (QED) is 0.895. The molecule has 26 heavy (non-hydrogen) atoms. The average Bonchev–Trinajstić information content (AvgIpc) is 3.27. The molecule has 2 aliphatic rings. The minimum Gasteiger partial charge on any atom is -0.454 e. The topological polar surface area (TPSA) is 67.9 Å². The minimum atomic E-state index is -0.305. The van der Waals surface area contributed by atoms with Crippen LogP contribution in [0.1, 0.15) is 17.5 Å². The largest absolute Gasteiger partial charge is 0.454 e. The van der Waals surface area contributed by atoms with Gasteiger partial charge in [-0.3, -0.25) is 9.59 Å². The van der Waals surface area contributed by atoms with E-state index in [-0.39, 0.29) is 30.9 Å². The van der Waals surface area contributed by atoms with Crippen molar-refractivity contribution in [3.8, 4) is 11.5 Å². The molecule has 134 valence electrons. The lowest BCUT2D eigenvalue weighted by Crippen LogP contribution is -2.32. The molecule has 2 amide bonds. The van der Waals surface area contributed by atoms with Gasteiger partial charge in [0.05, 0.1) is 5.92 Å². The lowest BCUT2D eigenvalue weighted by atomic mass is 10.1. The maximum atomic E-state index is 12.4. The third-order valence-corrected chi connectivity index (χ3v) is 4.71. The standard InChI is InChI=1S/C20H20N2O4/c23-19-9-16(20(24)21-10-14-4-2-1-3-5-14)12-22(19)11-15-6-7-17-18(8-15)26-13-25-17/h1-8,16H,9-13H2,(H,21,24). The minimum absolute atomic E-state index is 0.00234. The number of ether oxygens (including phenoxy) is 2. The molecule has 4 rings (SSSR count). The van der Waals surface area contributed by atoms with Crippen molar-refractivity contribution in [1.82, 2.24) is 10.2 Å². The number of carbonyl (C=O) groups excluding carboxylic acids is 2. The fourth-order valence-electron chi connectivity index (χ4n) is 3.29. The van der Waals surface area contributed by atoms with Crippen LogP contribution in [0, 0.1) is 5.92 Å². The second-order valence-electron chi connectivity index (χ2n) is 6.57. The van der Waals surface area contributed by atoms with Crippen molar-refractivity contribution >= 4 is 11.8 Å². The van der Waals surface area contributed by atoms with Crippen LogP contribution in [0.25, 0.3) is 0 Å². The molecule has 0 radical (unpaired) electrons. The molecule has 2 aromatic carbocycles. The molecular formula is C20H20N2O4. The molecule has 6 heteroatoms. The summed E-state index contributed by atoms with van der Waals surface area (Å²) >= 11 is 0. The SMILES string of the molecule is O=C(NCc1ccccc1)C1CC(=O)N(Cc2ccc3c(c2)OCO3)C1. The number of benzene rings is 2. The molecular weight excluding hydrogens is 332 g/mol. The molecule has 2 aromatic rings. The third-order valence-electron chi connectivity index (χ3n) is 4.71. The first-order chi connectivity index (χ1) is 12.7. The van der Waals surface area contributed by atoms with Gasteiger partial charge in [0.15, 0.2) is 11.5 Å². The first-order valence-corrected chi connectivity index (χ1v) is 8.67. The number of hydrogen-bond donors (Lipinski definition) is 1. The van der Waals surface area contributed by atoms with E-state index in [0.717, 1.165) is 16.9 Å². The Balaban J connectivity index is 1.34. The second kappa shape index (κ2) is 7.07. The van der Waals surface area contributed by atoms with E-state index in [1.165, 1.54) is 0 Å². The van der Waals surface area contributed by atoms with Crippen LogP contribution >= 0.6 is 0 Å². The zero-order valence-electron chi connectivity index (χ0n) is 14.3. The molecule has 6 nitrogen and oxygen atoms in total. The Kier molecular flexibility index (Phi) is 4.48. The predicted octanol–water partition coefficient (Wildman–Crippen LogP) is 2.08. The van der Waals surface area contributed by atoms with Gasteiger partial charge < -0.3 is 19.7 Å². The Bertz CT molecular complexity index is 822. The van der Waals surface area contributed by atoms with Crippen LogP contribution in [0.3, 0.4) is 0 Å². The van der Waals surface area contributed by atoms with Gasteiger partial charge in [-0.2, -0.15) is 0 Å². The molecule has 0 saturated carbocycles. The highest BCUT2D eigenvalue weighted by Crippen LogP contribution is 2.33. The van der Waals surface area contributed by atoms with E-state index in [0.29, 0.717) is 25.4 Å². The predicted molar refractivity (Wildman–Crippen MR) is 94.4 cm³/mol. The van der Waals surface area contributed by atoms with Crippen molar-refractivity contribution in [3.63, 3.8) is 0 Å². The first-order valence-electron chi connectivity index (χ1n) is 8.67. The highest BCUT2D eigenvalue weighted by molar-refractivity contribution is 5.89. The zero-order valence-corrected chi connectivity index (χ0v) is 14.3. The normalized spacial score (nSPS) is 18.2. The smallest absolute Gasteiger partial charge is 0.231 e. The van der Waals surface area contributed by atoms with Gasteiger partial charge in [-0.15, -0.1) is 0 Å². The van der Waals surface area contributed by atoms with Crippen LogP contribution in [0.2, 0.25) is 0 Å². The Hall–Kier alpha value is -3.02. The van der Waals surface area contributed by atoms with Crippen molar-refractivity contribution in [2.75, 3.05) is 13.3 Å². The summed E-state index contributed by atoms with van der Waals surface area (Å²) in [7, 11) is 0. The van der Waals surface area contributed by atoms with Gasteiger partial charge in [-0.05, 0) is 23.3 Å². The molecule has 2 heterocycles. The summed E-state index contributed by atoms with van der Waals surface area (Å²) in [5, 5.41) is 2.93. The highest BCUT2D eigenvalue weighted by Gasteiger charge is 2.34. The van der Waals surface area contributed by atoms with Crippen LogP contribution in [0.4, 0.5) is 0 Å². The van der Waals surface area contributed by atoms with Crippen molar-refractivity contribution in [2.45, 2.75) is 19.5 Å². The number of nitrogens with zero attached hydrogens (tertiary/aromatic N) is 1. The molecule has 0 spiro atoms. The Morgan fingerprint density at radius 3 is 2.73 bits per heavy atom. The van der Waals surface area contributed by atoms with Crippen molar-refractivity contribution in [1.29, 1.82) is 0 Å². The Morgan fingerprint density at radius 1 is 1.08 bits per heavy atom. The van der Waals surface area contributed by atoms with Gasteiger partial charge >= 0.3 is 0 Å². The summed E-state index contributed by atoms with van der Waals surface area (Å²) in [5.74, 6) is 1.05. The molecule has 1 atom stereocenters. The number of fused-ring (bicyclic) bond motifs is 1. The van der Waals surface area contributed by atoms with Crippen LogP contribution in [0.15, 0.2) is 48.5 Å². The van der Waals surface area contributed by atoms with Gasteiger partial charge in [-0.1, -0.05) is 36.4 Å². The summed E-state index contributed by atoms with van der Waals surface area (Å²) in [6, 6.07) is 15.4. The third kappa shape index (κ3) is 3.49. The zero-order chi connectivity index (χ0) is 17.9. The molecule has 0 bridgehead atoms.